The molecule has 1 aliphatic rings. The minimum Gasteiger partial charge on any atom is -0.313 e. The lowest BCUT2D eigenvalue weighted by atomic mass is 9.63. The summed E-state index contributed by atoms with van der Waals surface area (Å²) in [5.41, 5.74) is 0.713. The van der Waals surface area contributed by atoms with E-state index in [-0.39, 0.29) is 0 Å². The van der Waals surface area contributed by atoms with Gasteiger partial charge in [-0.1, -0.05) is 27.7 Å². The van der Waals surface area contributed by atoms with Gasteiger partial charge in [-0.05, 0) is 47.6 Å². The van der Waals surface area contributed by atoms with Crippen LogP contribution in [0.15, 0.2) is 0 Å². The molecule has 1 aromatic rings. The molecule has 1 aliphatic carbocycles. The fourth-order valence-corrected chi connectivity index (χ4v) is 3.73. The molecule has 0 saturated heterocycles. The summed E-state index contributed by atoms with van der Waals surface area (Å²) in [5.74, 6) is 0.941. The Labute approximate surface area is 109 Å². The van der Waals surface area contributed by atoms with Crippen LogP contribution in [0.25, 0.3) is 0 Å². The van der Waals surface area contributed by atoms with Crippen LogP contribution >= 0.6 is 0 Å². The van der Waals surface area contributed by atoms with Crippen molar-refractivity contribution < 1.29 is 0 Å². The lowest BCUT2D eigenvalue weighted by Gasteiger charge is -2.44. The number of hydrogen-bond donors (Lipinski definition) is 1. The summed E-state index contributed by atoms with van der Waals surface area (Å²) in [6.07, 6.45) is 3.57. The maximum Gasteiger partial charge on any atom is 0.165 e. The van der Waals surface area contributed by atoms with E-state index in [1.54, 1.807) is 0 Å². The van der Waals surface area contributed by atoms with Crippen LogP contribution in [0.5, 0.6) is 0 Å². The van der Waals surface area contributed by atoms with Crippen molar-refractivity contribution in [1.29, 1.82) is 0 Å². The summed E-state index contributed by atoms with van der Waals surface area (Å²) in [4.78, 5) is 0. The highest BCUT2D eigenvalue weighted by Gasteiger charge is 2.40. The normalized spacial score (nSPS) is 23.2. The minimum atomic E-state index is 0.356. The van der Waals surface area contributed by atoms with Gasteiger partial charge >= 0.3 is 0 Å². The largest absolute Gasteiger partial charge is 0.313 e. The SMILES string of the molecule is CNCc1nnnn1C1CC(C)(C)CC(C)(C)C1. The van der Waals surface area contributed by atoms with Crippen LogP contribution in [0, 0.1) is 10.8 Å². The first-order valence-corrected chi connectivity index (χ1v) is 6.74. The van der Waals surface area contributed by atoms with Gasteiger partial charge in [0, 0.05) is 0 Å². The minimum absolute atomic E-state index is 0.356. The number of nitrogens with one attached hydrogen (secondary N) is 1. The Kier molecular flexibility index (Phi) is 3.45. The molecule has 0 spiro atoms. The maximum atomic E-state index is 4.21. The molecule has 1 N–H and O–H groups in total. The van der Waals surface area contributed by atoms with E-state index in [0.717, 1.165) is 25.2 Å². The lowest BCUT2D eigenvalue weighted by Crippen LogP contribution is -2.36. The quantitative estimate of drug-likeness (QED) is 0.894. The van der Waals surface area contributed by atoms with E-state index in [1.807, 2.05) is 11.7 Å². The molecule has 0 atom stereocenters. The van der Waals surface area contributed by atoms with Crippen LogP contribution in [0.2, 0.25) is 0 Å². The van der Waals surface area contributed by atoms with Gasteiger partial charge in [-0.15, -0.1) is 5.10 Å². The van der Waals surface area contributed by atoms with Gasteiger partial charge in [-0.3, -0.25) is 0 Å². The molecule has 0 amide bonds. The predicted octanol–water partition coefficient (Wildman–Crippen LogP) is 2.17. The Morgan fingerprint density at radius 3 is 2.39 bits per heavy atom. The molecular weight excluding hydrogens is 226 g/mol. The van der Waals surface area contributed by atoms with Crippen LogP contribution in [0.3, 0.4) is 0 Å². The number of aromatic nitrogens is 4. The van der Waals surface area contributed by atoms with Crippen molar-refractivity contribution in [3.63, 3.8) is 0 Å². The molecule has 0 aromatic carbocycles. The highest BCUT2D eigenvalue weighted by atomic mass is 15.6. The van der Waals surface area contributed by atoms with E-state index in [0.29, 0.717) is 16.9 Å². The molecule has 5 heteroatoms. The molecular formula is C13H25N5. The molecule has 0 bridgehead atoms. The molecule has 102 valence electrons. The summed E-state index contributed by atoms with van der Waals surface area (Å²) in [5, 5.41) is 15.3. The molecule has 1 aromatic heterocycles. The van der Waals surface area contributed by atoms with Crippen LogP contribution in [-0.2, 0) is 6.54 Å². The van der Waals surface area contributed by atoms with E-state index >= 15 is 0 Å². The first-order chi connectivity index (χ1) is 8.33. The van der Waals surface area contributed by atoms with E-state index in [9.17, 15) is 0 Å². The van der Waals surface area contributed by atoms with Crippen molar-refractivity contribution in [2.45, 2.75) is 59.5 Å². The fourth-order valence-electron chi connectivity index (χ4n) is 3.73. The monoisotopic (exact) mass is 251 g/mol. The zero-order chi connectivity index (χ0) is 13.4. The molecule has 2 rings (SSSR count). The van der Waals surface area contributed by atoms with E-state index in [1.165, 1.54) is 6.42 Å². The van der Waals surface area contributed by atoms with E-state index in [2.05, 4.69) is 48.5 Å². The second-order valence-corrected chi connectivity index (χ2v) is 7.14. The van der Waals surface area contributed by atoms with Gasteiger partial charge in [0.25, 0.3) is 0 Å². The second kappa shape index (κ2) is 4.61. The smallest absolute Gasteiger partial charge is 0.165 e. The van der Waals surface area contributed by atoms with Crippen molar-refractivity contribution in [1.82, 2.24) is 25.5 Å². The van der Waals surface area contributed by atoms with Crippen LogP contribution in [-0.4, -0.2) is 27.3 Å². The third-order valence-corrected chi connectivity index (χ3v) is 3.78. The third-order valence-electron chi connectivity index (χ3n) is 3.78. The zero-order valence-electron chi connectivity index (χ0n) is 12.2. The Morgan fingerprint density at radius 1 is 1.22 bits per heavy atom. The molecule has 18 heavy (non-hydrogen) atoms. The van der Waals surface area contributed by atoms with Crippen molar-refractivity contribution in [3.05, 3.63) is 5.82 Å². The molecule has 5 nitrogen and oxygen atoms in total. The van der Waals surface area contributed by atoms with Gasteiger partial charge in [-0.25, -0.2) is 4.68 Å². The summed E-state index contributed by atoms with van der Waals surface area (Å²) >= 11 is 0. The van der Waals surface area contributed by atoms with Crippen LogP contribution in [0.1, 0.15) is 58.8 Å². The maximum absolute atomic E-state index is 4.21. The van der Waals surface area contributed by atoms with Crippen LogP contribution in [0.4, 0.5) is 0 Å². The average Bonchev–Trinajstić information content (AvgIpc) is 2.61. The van der Waals surface area contributed by atoms with Crippen molar-refractivity contribution in [2.75, 3.05) is 7.05 Å². The van der Waals surface area contributed by atoms with Gasteiger partial charge in [0.2, 0.25) is 0 Å². The topological polar surface area (TPSA) is 55.6 Å². The van der Waals surface area contributed by atoms with Gasteiger partial charge in [-0.2, -0.15) is 0 Å². The molecule has 0 aliphatic heterocycles. The standard InChI is InChI=1S/C13H25N5/c1-12(2)6-10(7-13(3,4)9-12)18-11(8-14-5)15-16-17-18/h10,14H,6-9H2,1-5H3. The Hall–Kier alpha value is -0.970. The summed E-state index contributed by atoms with van der Waals surface area (Å²) in [6.45, 7) is 10.1. The van der Waals surface area contributed by atoms with E-state index < -0.39 is 0 Å². The van der Waals surface area contributed by atoms with Gasteiger partial charge < -0.3 is 5.32 Å². The Balaban J connectivity index is 2.24. The molecule has 1 saturated carbocycles. The first kappa shape index (κ1) is 13.5. The summed E-state index contributed by atoms with van der Waals surface area (Å²) < 4.78 is 2.03. The number of nitrogens with zero attached hydrogens (tertiary/aromatic N) is 4. The van der Waals surface area contributed by atoms with Crippen molar-refractivity contribution in [3.8, 4) is 0 Å². The number of tetrazole rings is 1. The zero-order valence-corrected chi connectivity index (χ0v) is 12.2. The number of hydrogen-bond acceptors (Lipinski definition) is 4. The van der Waals surface area contributed by atoms with Crippen molar-refractivity contribution in [2.24, 2.45) is 10.8 Å². The van der Waals surface area contributed by atoms with Gasteiger partial charge in [0.1, 0.15) is 0 Å². The third kappa shape index (κ3) is 2.88. The first-order valence-electron chi connectivity index (χ1n) is 6.74. The highest BCUT2D eigenvalue weighted by molar-refractivity contribution is 4.94. The van der Waals surface area contributed by atoms with Gasteiger partial charge in [0.05, 0.1) is 12.6 Å². The molecule has 0 radical (unpaired) electrons. The highest BCUT2D eigenvalue weighted by Crippen LogP contribution is 2.49. The summed E-state index contributed by atoms with van der Waals surface area (Å²) in [7, 11) is 1.92. The Morgan fingerprint density at radius 2 is 1.83 bits per heavy atom. The van der Waals surface area contributed by atoms with Crippen LogP contribution < -0.4 is 5.32 Å². The molecule has 1 fully saturated rings. The predicted molar refractivity (Wildman–Crippen MR) is 71.0 cm³/mol. The average molecular weight is 251 g/mol. The fraction of sp³-hybridized carbons (Fsp3) is 0.923. The molecule has 1 heterocycles. The lowest BCUT2D eigenvalue weighted by molar-refractivity contribution is 0.0651. The Bertz CT molecular complexity index is 391. The van der Waals surface area contributed by atoms with Crippen molar-refractivity contribution >= 4 is 0 Å². The number of rotatable bonds is 3. The van der Waals surface area contributed by atoms with E-state index in [4.69, 9.17) is 0 Å². The second-order valence-electron chi connectivity index (χ2n) is 7.14. The van der Waals surface area contributed by atoms with Gasteiger partial charge in [0.15, 0.2) is 5.82 Å². The summed E-state index contributed by atoms with van der Waals surface area (Å²) in [6, 6.07) is 0.419. The molecule has 0 unspecified atom stereocenters.